The number of imidazole rings is 1. The fourth-order valence-corrected chi connectivity index (χ4v) is 3.06. The van der Waals surface area contributed by atoms with Crippen molar-refractivity contribution in [3.63, 3.8) is 0 Å². The average Bonchev–Trinajstić information content (AvgIpc) is 2.85. The highest BCUT2D eigenvalue weighted by atomic mass is 32.1. The summed E-state index contributed by atoms with van der Waals surface area (Å²) in [5.41, 5.74) is 2.41. The number of aromatic nitrogens is 2. The van der Waals surface area contributed by atoms with E-state index in [1.807, 2.05) is 0 Å². The summed E-state index contributed by atoms with van der Waals surface area (Å²) in [6.07, 6.45) is 2.10. The number of nitrogens with one attached hydrogen (secondary N) is 1. The average molecular weight is 280 g/mol. The highest BCUT2D eigenvalue weighted by molar-refractivity contribution is 7.15. The molecule has 0 fully saturated rings. The predicted molar refractivity (Wildman–Crippen MR) is 81.8 cm³/mol. The first-order valence-electron chi connectivity index (χ1n) is 6.78. The third-order valence-electron chi connectivity index (χ3n) is 3.46. The zero-order chi connectivity index (χ0) is 14.0. The summed E-state index contributed by atoms with van der Waals surface area (Å²) in [5, 5.41) is 5.77. The Morgan fingerprint density at radius 3 is 2.79 bits per heavy atom. The molecule has 4 nitrogen and oxygen atoms in total. The molecule has 106 valence electrons. The molecule has 0 aliphatic heterocycles. The number of hydrogen-bond donors (Lipinski definition) is 1. The van der Waals surface area contributed by atoms with Gasteiger partial charge in [0.05, 0.1) is 11.4 Å². The van der Waals surface area contributed by atoms with Crippen LogP contribution in [0.25, 0.3) is 4.96 Å². The van der Waals surface area contributed by atoms with Crippen LogP contribution in [-0.2, 0) is 6.54 Å². The topological polar surface area (TPSA) is 32.6 Å². The number of hydrogen-bond acceptors (Lipinski definition) is 4. The zero-order valence-electron chi connectivity index (χ0n) is 12.5. The second kappa shape index (κ2) is 6.03. The van der Waals surface area contributed by atoms with E-state index in [1.54, 1.807) is 11.3 Å². The summed E-state index contributed by atoms with van der Waals surface area (Å²) in [7, 11) is 4.25. The third kappa shape index (κ3) is 3.35. The Morgan fingerprint density at radius 2 is 2.16 bits per heavy atom. The van der Waals surface area contributed by atoms with Crippen LogP contribution in [0.2, 0.25) is 0 Å². The first-order valence-corrected chi connectivity index (χ1v) is 7.66. The molecule has 0 saturated carbocycles. The maximum absolute atomic E-state index is 4.59. The molecule has 0 radical (unpaired) electrons. The van der Waals surface area contributed by atoms with Gasteiger partial charge >= 0.3 is 0 Å². The minimum absolute atomic E-state index is 0.499. The van der Waals surface area contributed by atoms with Gasteiger partial charge in [-0.05, 0) is 26.9 Å². The van der Waals surface area contributed by atoms with Crippen molar-refractivity contribution < 1.29 is 0 Å². The molecule has 0 spiro atoms. The number of likely N-dealkylation sites (N-methyl/N-ethyl adjacent to an activating group) is 1. The number of rotatable bonds is 6. The molecule has 0 bridgehead atoms. The molecule has 2 aromatic heterocycles. The van der Waals surface area contributed by atoms with E-state index in [-0.39, 0.29) is 0 Å². The van der Waals surface area contributed by atoms with Crippen LogP contribution in [0, 0.1) is 12.8 Å². The van der Waals surface area contributed by atoms with E-state index in [0.29, 0.717) is 12.0 Å². The van der Waals surface area contributed by atoms with Crippen LogP contribution in [0.4, 0.5) is 0 Å². The lowest BCUT2D eigenvalue weighted by atomic mass is 10.0. The van der Waals surface area contributed by atoms with Crippen molar-refractivity contribution >= 4 is 16.3 Å². The maximum Gasteiger partial charge on any atom is 0.194 e. The molecule has 2 aromatic rings. The Labute approximate surface area is 119 Å². The first-order chi connectivity index (χ1) is 8.99. The van der Waals surface area contributed by atoms with Crippen LogP contribution in [0.5, 0.6) is 0 Å². The van der Waals surface area contributed by atoms with E-state index in [1.165, 1.54) is 5.69 Å². The van der Waals surface area contributed by atoms with Crippen LogP contribution in [0.15, 0.2) is 11.6 Å². The molecule has 1 N–H and O–H groups in total. The normalized spacial score (nSPS) is 13.8. The molecule has 0 aliphatic carbocycles. The lowest BCUT2D eigenvalue weighted by molar-refractivity contribution is 0.287. The summed E-state index contributed by atoms with van der Waals surface area (Å²) < 4.78 is 2.19. The Kier molecular flexibility index (Phi) is 4.60. The van der Waals surface area contributed by atoms with Gasteiger partial charge in [-0.25, -0.2) is 4.98 Å². The molecular weight excluding hydrogens is 256 g/mol. The summed E-state index contributed by atoms with van der Waals surface area (Å²) in [4.78, 5) is 7.91. The Morgan fingerprint density at radius 1 is 1.42 bits per heavy atom. The third-order valence-corrected chi connectivity index (χ3v) is 4.22. The summed E-state index contributed by atoms with van der Waals surface area (Å²) in [5.74, 6) is 0.619. The number of thiazole rings is 1. The van der Waals surface area contributed by atoms with Gasteiger partial charge in [-0.15, -0.1) is 11.3 Å². The summed E-state index contributed by atoms with van der Waals surface area (Å²) >= 11 is 1.69. The first kappa shape index (κ1) is 14.5. The Hall–Kier alpha value is -0.910. The molecule has 0 saturated heterocycles. The summed E-state index contributed by atoms with van der Waals surface area (Å²) in [6.45, 7) is 8.56. The van der Waals surface area contributed by atoms with E-state index < -0.39 is 0 Å². The van der Waals surface area contributed by atoms with E-state index >= 15 is 0 Å². The van der Waals surface area contributed by atoms with Crippen molar-refractivity contribution in [2.75, 3.05) is 20.6 Å². The van der Waals surface area contributed by atoms with Crippen LogP contribution in [-0.4, -0.2) is 41.0 Å². The molecule has 5 heteroatoms. The van der Waals surface area contributed by atoms with E-state index in [4.69, 9.17) is 0 Å². The van der Waals surface area contributed by atoms with Gasteiger partial charge in [0, 0.05) is 30.7 Å². The molecule has 1 atom stereocenters. The highest BCUT2D eigenvalue weighted by Gasteiger charge is 2.16. The van der Waals surface area contributed by atoms with E-state index in [0.717, 1.165) is 23.7 Å². The van der Waals surface area contributed by atoms with Crippen LogP contribution in [0.1, 0.15) is 25.2 Å². The van der Waals surface area contributed by atoms with Gasteiger partial charge in [-0.1, -0.05) is 13.8 Å². The molecular formula is C14H24N4S. The number of nitrogens with zero attached hydrogens (tertiary/aromatic N) is 3. The smallest absolute Gasteiger partial charge is 0.194 e. The highest BCUT2D eigenvalue weighted by Crippen LogP contribution is 2.17. The van der Waals surface area contributed by atoms with Crippen molar-refractivity contribution in [1.29, 1.82) is 0 Å². The Bertz CT molecular complexity index is 527. The van der Waals surface area contributed by atoms with Crippen molar-refractivity contribution in [3.8, 4) is 0 Å². The second-order valence-electron chi connectivity index (χ2n) is 5.69. The van der Waals surface area contributed by atoms with Crippen molar-refractivity contribution in [2.24, 2.45) is 5.92 Å². The van der Waals surface area contributed by atoms with Crippen LogP contribution < -0.4 is 5.32 Å². The second-order valence-corrected chi connectivity index (χ2v) is 6.57. The van der Waals surface area contributed by atoms with Gasteiger partial charge in [0.15, 0.2) is 4.96 Å². The standard InChI is InChI=1S/C14H24N4S/c1-10(2)12(9-17(4)5)15-8-13-11(3)16-14-18(13)6-7-19-14/h6-7,10,12,15H,8-9H2,1-5H3. The van der Waals surface area contributed by atoms with E-state index in [9.17, 15) is 0 Å². The number of aryl methyl sites for hydroxylation is 1. The number of fused-ring (bicyclic) bond motifs is 1. The SMILES string of the molecule is Cc1nc2sccn2c1CNC(CN(C)C)C(C)C. The van der Waals surface area contributed by atoms with Gasteiger partial charge in [0.2, 0.25) is 0 Å². The molecule has 1 unspecified atom stereocenters. The molecule has 0 aromatic carbocycles. The zero-order valence-corrected chi connectivity index (χ0v) is 13.3. The van der Waals surface area contributed by atoms with Gasteiger partial charge in [0.1, 0.15) is 0 Å². The Balaban J connectivity index is 2.07. The van der Waals surface area contributed by atoms with Gasteiger partial charge < -0.3 is 10.2 Å². The monoisotopic (exact) mass is 280 g/mol. The maximum atomic E-state index is 4.59. The lowest BCUT2D eigenvalue weighted by Crippen LogP contribution is -2.41. The lowest BCUT2D eigenvalue weighted by Gasteiger charge is -2.25. The van der Waals surface area contributed by atoms with Crippen molar-refractivity contribution in [2.45, 2.75) is 33.4 Å². The summed E-state index contributed by atoms with van der Waals surface area (Å²) in [6, 6.07) is 0.499. The predicted octanol–water partition coefficient (Wildman–Crippen LogP) is 2.38. The largest absolute Gasteiger partial charge is 0.308 e. The van der Waals surface area contributed by atoms with Gasteiger partial charge in [0.25, 0.3) is 0 Å². The fraction of sp³-hybridized carbons (Fsp3) is 0.643. The van der Waals surface area contributed by atoms with Gasteiger partial charge in [-0.2, -0.15) is 0 Å². The van der Waals surface area contributed by atoms with Crippen LogP contribution in [0.3, 0.4) is 0 Å². The molecule has 0 amide bonds. The molecule has 19 heavy (non-hydrogen) atoms. The van der Waals surface area contributed by atoms with Crippen LogP contribution >= 0.6 is 11.3 Å². The minimum atomic E-state index is 0.499. The quantitative estimate of drug-likeness (QED) is 0.882. The van der Waals surface area contributed by atoms with Crippen molar-refractivity contribution in [3.05, 3.63) is 23.0 Å². The van der Waals surface area contributed by atoms with E-state index in [2.05, 4.69) is 66.0 Å². The minimum Gasteiger partial charge on any atom is -0.308 e. The van der Waals surface area contributed by atoms with Gasteiger partial charge in [-0.3, -0.25) is 4.40 Å². The molecule has 2 heterocycles. The molecule has 2 rings (SSSR count). The fourth-order valence-electron chi connectivity index (χ4n) is 2.29. The molecule has 0 aliphatic rings. The van der Waals surface area contributed by atoms with Crippen molar-refractivity contribution in [1.82, 2.24) is 19.6 Å².